The quantitative estimate of drug-likeness (QED) is 0.539. The Morgan fingerprint density at radius 3 is 2.79 bits per heavy atom. The van der Waals surface area contributed by atoms with Gasteiger partial charge in [0.1, 0.15) is 29.4 Å². The Morgan fingerprint density at radius 2 is 2.09 bits per heavy atom. The van der Waals surface area contributed by atoms with Crippen molar-refractivity contribution in [3.8, 4) is 23.1 Å². The molecule has 0 radical (unpaired) electrons. The molecular formula is C22H21FN8O2. The van der Waals surface area contributed by atoms with Crippen molar-refractivity contribution in [2.75, 3.05) is 12.8 Å². The van der Waals surface area contributed by atoms with Crippen molar-refractivity contribution in [3.05, 3.63) is 63.7 Å². The molecule has 0 saturated carbocycles. The largest absolute Gasteiger partial charge is 0.482 e. The van der Waals surface area contributed by atoms with Crippen molar-refractivity contribution < 1.29 is 9.13 Å². The van der Waals surface area contributed by atoms with E-state index in [0.29, 0.717) is 16.8 Å². The maximum atomic E-state index is 14.2. The summed E-state index contributed by atoms with van der Waals surface area (Å²) in [6, 6.07) is 7.73. The Labute approximate surface area is 188 Å². The number of benzene rings is 1. The molecule has 0 aliphatic carbocycles. The van der Waals surface area contributed by atoms with Crippen LogP contribution in [0, 0.1) is 17.1 Å². The number of allylic oxidation sites excluding steroid dienone is 2. The number of fused-ring (bicyclic) bond motifs is 5. The monoisotopic (exact) mass is 448 g/mol. The molecule has 1 aromatic carbocycles. The molecule has 1 aliphatic rings. The molecule has 3 aromatic rings. The van der Waals surface area contributed by atoms with Gasteiger partial charge < -0.3 is 20.8 Å². The Kier molecular flexibility index (Phi) is 5.43. The second-order valence-electron chi connectivity index (χ2n) is 7.55. The maximum absolute atomic E-state index is 14.2. The van der Waals surface area contributed by atoms with Crippen LogP contribution in [0.25, 0.3) is 16.8 Å². The SMILES string of the molecule is CN=C(C#N)C1=C(N)Cn2c(cn(C)c2=O)-c2ccc(F)cc2[C@@H](C)Oc2cc1nnc2N. The molecule has 1 atom stereocenters. The first-order valence-corrected chi connectivity index (χ1v) is 9.97. The molecule has 0 spiro atoms. The maximum Gasteiger partial charge on any atom is 0.328 e. The minimum atomic E-state index is -0.668. The Hall–Kier alpha value is -4.46. The number of aromatic nitrogens is 4. The smallest absolute Gasteiger partial charge is 0.328 e. The van der Waals surface area contributed by atoms with Gasteiger partial charge in [-0.25, -0.2) is 9.18 Å². The Balaban J connectivity index is 2.10. The van der Waals surface area contributed by atoms with E-state index in [4.69, 9.17) is 16.2 Å². The van der Waals surface area contributed by atoms with Crippen LogP contribution in [-0.2, 0) is 13.6 Å². The molecule has 0 saturated heterocycles. The van der Waals surface area contributed by atoms with Crippen LogP contribution in [0.15, 0.2) is 45.9 Å². The van der Waals surface area contributed by atoms with E-state index >= 15 is 0 Å². The number of aliphatic imine (C=N–C) groups is 1. The summed E-state index contributed by atoms with van der Waals surface area (Å²) in [5.74, 6) is -0.253. The number of imidazole rings is 1. The summed E-state index contributed by atoms with van der Waals surface area (Å²) >= 11 is 0. The standard InChI is InChI=1S/C22H21FN8O2/c1-11-14-6-12(23)4-5-13(14)18-10-30(3)22(32)31(18)9-15(25)20(17(8-24)27-2)16-7-19(33-11)21(26)29-28-16/h4-7,10-11H,9,25H2,1-3H3,(H2,26,29)/t11-/m1/s1. The molecule has 0 unspecified atom stereocenters. The number of nitrogen functional groups attached to an aromatic ring is 1. The van der Waals surface area contributed by atoms with E-state index in [2.05, 4.69) is 15.2 Å². The Bertz CT molecular complexity index is 1430. The number of nitrogens with zero attached hydrogens (tertiary/aromatic N) is 6. The first-order valence-electron chi connectivity index (χ1n) is 9.97. The van der Waals surface area contributed by atoms with Gasteiger partial charge in [0.05, 0.1) is 17.8 Å². The highest BCUT2D eigenvalue weighted by atomic mass is 19.1. The molecule has 0 fully saturated rings. The topological polar surface area (TPSA) is 150 Å². The molecule has 11 heteroatoms. The van der Waals surface area contributed by atoms with Gasteiger partial charge in [0.2, 0.25) is 0 Å². The lowest BCUT2D eigenvalue weighted by Crippen LogP contribution is -2.27. The zero-order chi connectivity index (χ0) is 23.9. The molecule has 2 aromatic heterocycles. The third-order valence-corrected chi connectivity index (χ3v) is 5.43. The number of nitriles is 1. The van der Waals surface area contributed by atoms with Gasteiger partial charge in [-0.3, -0.25) is 9.56 Å². The van der Waals surface area contributed by atoms with Crippen LogP contribution in [0.2, 0.25) is 0 Å². The van der Waals surface area contributed by atoms with E-state index in [-0.39, 0.29) is 46.5 Å². The average molecular weight is 448 g/mol. The average Bonchev–Trinajstić information content (AvgIpc) is 3.06. The summed E-state index contributed by atoms with van der Waals surface area (Å²) in [5, 5.41) is 17.7. The first kappa shape index (κ1) is 21.8. The molecule has 2 bridgehead atoms. The van der Waals surface area contributed by atoms with E-state index in [0.717, 1.165) is 0 Å². The van der Waals surface area contributed by atoms with E-state index in [1.165, 1.54) is 34.4 Å². The van der Waals surface area contributed by atoms with Gasteiger partial charge in [0.15, 0.2) is 11.6 Å². The minimum Gasteiger partial charge on any atom is -0.482 e. The number of aryl methyl sites for hydroxylation is 1. The zero-order valence-electron chi connectivity index (χ0n) is 18.2. The summed E-state index contributed by atoms with van der Waals surface area (Å²) in [4.78, 5) is 17.0. The number of hydrogen-bond donors (Lipinski definition) is 2. The van der Waals surface area contributed by atoms with Crippen molar-refractivity contribution in [3.63, 3.8) is 0 Å². The number of rotatable bonds is 1. The van der Waals surface area contributed by atoms with E-state index in [1.54, 1.807) is 26.2 Å². The molecule has 10 nitrogen and oxygen atoms in total. The van der Waals surface area contributed by atoms with Gasteiger partial charge in [0, 0.05) is 43.2 Å². The number of nitrogens with two attached hydrogens (primary N) is 2. The van der Waals surface area contributed by atoms with Crippen molar-refractivity contribution in [1.82, 2.24) is 19.3 Å². The van der Waals surface area contributed by atoms with Crippen molar-refractivity contribution in [2.45, 2.75) is 19.6 Å². The molecule has 4 N–H and O–H groups in total. The van der Waals surface area contributed by atoms with Gasteiger partial charge in [-0.15, -0.1) is 10.2 Å². The third-order valence-electron chi connectivity index (χ3n) is 5.43. The highest BCUT2D eigenvalue weighted by molar-refractivity contribution is 6.31. The van der Waals surface area contributed by atoms with E-state index < -0.39 is 11.9 Å². The molecule has 168 valence electrons. The number of anilines is 1. The van der Waals surface area contributed by atoms with Gasteiger partial charge >= 0.3 is 5.69 Å². The van der Waals surface area contributed by atoms with Crippen molar-refractivity contribution in [2.24, 2.45) is 17.8 Å². The second-order valence-corrected chi connectivity index (χ2v) is 7.55. The predicted octanol–water partition coefficient (Wildman–Crippen LogP) is 1.78. The summed E-state index contributed by atoms with van der Waals surface area (Å²) in [7, 11) is 3.05. The highest BCUT2D eigenvalue weighted by Crippen LogP contribution is 2.35. The number of halogens is 1. The number of hydrogen-bond acceptors (Lipinski definition) is 8. The van der Waals surface area contributed by atoms with E-state index in [9.17, 15) is 14.4 Å². The predicted molar refractivity (Wildman–Crippen MR) is 121 cm³/mol. The van der Waals surface area contributed by atoms with Gasteiger partial charge in [-0.2, -0.15) is 5.26 Å². The van der Waals surface area contributed by atoms with Crippen LogP contribution in [-0.4, -0.2) is 32.1 Å². The summed E-state index contributed by atoms with van der Waals surface area (Å²) < 4.78 is 23.1. The summed E-state index contributed by atoms with van der Waals surface area (Å²) in [5.41, 5.74) is 14.3. The number of ether oxygens (including phenoxy) is 1. The lowest BCUT2D eigenvalue weighted by molar-refractivity contribution is 0.227. The minimum absolute atomic E-state index is 0.00984. The molecule has 33 heavy (non-hydrogen) atoms. The molecule has 4 rings (SSSR count). The normalized spacial score (nSPS) is 16.1. The van der Waals surface area contributed by atoms with Crippen LogP contribution in [0.5, 0.6) is 5.75 Å². The molecule has 1 aliphatic heterocycles. The highest BCUT2D eigenvalue weighted by Gasteiger charge is 2.25. The fraction of sp³-hybridized carbons (Fsp3) is 0.227. The Morgan fingerprint density at radius 1 is 1.33 bits per heavy atom. The van der Waals surface area contributed by atoms with Crippen LogP contribution >= 0.6 is 0 Å². The second kappa shape index (κ2) is 8.23. The van der Waals surface area contributed by atoms with Gasteiger partial charge in [0.25, 0.3) is 0 Å². The van der Waals surface area contributed by atoms with E-state index in [1.807, 2.05) is 6.07 Å². The fourth-order valence-electron chi connectivity index (χ4n) is 3.83. The fourth-order valence-corrected chi connectivity index (χ4v) is 3.83. The summed E-state index contributed by atoms with van der Waals surface area (Å²) in [6.07, 6.45) is 0.968. The van der Waals surface area contributed by atoms with Gasteiger partial charge in [-0.05, 0) is 25.1 Å². The lowest BCUT2D eigenvalue weighted by Gasteiger charge is -2.21. The van der Waals surface area contributed by atoms with Gasteiger partial charge in [-0.1, -0.05) is 0 Å². The third kappa shape index (κ3) is 3.71. The van der Waals surface area contributed by atoms with Crippen LogP contribution < -0.4 is 21.9 Å². The zero-order valence-corrected chi connectivity index (χ0v) is 18.2. The van der Waals surface area contributed by atoms with Crippen molar-refractivity contribution >= 4 is 17.1 Å². The first-order chi connectivity index (χ1) is 15.7. The van der Waals surface area contributed by atoms with Crippen LogP contribution in [0.1, 0.15) is 24.3 Å². The van der Waals surface area contributed by atoms with Crippen LogP contribution in [0.3, 0.4) is 0 Å². The summed E-state index contributed by atoms with van der Waals surface area (Å²) in [6.45, 7) is 1.66. The molecule has 3 heterocycles. The lowest BCUT2D eigenvalue weighted by atomic mass is 9.99. The molecular weight excluding hydrogens is 427 g/mol. The van der Waals surface area contributed by atoms with Crippen LogP contribution in [0.4, 0.5) is 10.2 Å². The molecule has 0 amide bonds. The van der Waals surface area contributed by atoms with Crippen molar-refractivity contribution in [1.29, 1.82) is 5.26 Å².